The Kier molecular flexibility index (Phi) is 7.87. The molecule has 1 atom stereocenters. The second kappa shape index (κ2) is 12.5. The molecule has 0 N–H and O–H groups in total. The van der Waals surface area contributed by atoms with Gasteiger partial charge in [-0.2, -0.15) is 5.10 Å². The molecule has 0 saturated heterocycles. The van der Waals surface area contributed by atoms with E-state index in [1.807, 2.05) is 72.1 Å². The van der Waals surface area contributed by atoms with Crippen LogP contribution in [0.3, 0.4) is 0 Å². The number of rotatable bonds is 8. The number of furan rings is 2. The SMILES string of the molecule is COc1ccccc1-n1c(SCC(=O)N2N=C(c3cc4ccccc4o3)CC2c2ccco2)nc2scc(-c3ccccc3Cl)c2c1=O. The van der Waals surface area contributed by atoms with Gasteiger partial charge in [0.2, 0.25) is 0 Å². The molecule has 1 aliphatic heterocycles. The molecule has 8 rings (SSSR count). The van der Waals surface area contributed by atoms with Gasteiger partial charge in [-0.1, -0.05) is 71.9 Å². The number of halogens is 1. The largest absolute Gasteiger partial charge is 0.495 e. The summed E-state index contributed by atoms with van der Waals surface area (Å²) in [7, 11) is 1.55. The summed E-state index contributed by atoms with van der Waals surface area (Å²) in [6, 6.07) is 27.4. The van der Waals surface area contributed by atoms with E-state index < -0.39 is 6.04 Å². The minimum absolute atomic E-state index is 0.0516. The molecular weight excluding hydrogens is 668 g/mol. The van der Waals surface area contributed by atoms with E-state index in [0.29, 0.717) is 61.0 Å². The van der Waals surface area contributed by atoms with E-state index in [1.165, 1.54) is 20.9 Å². The van der Waals surface area contributed by atoms with Crippen molar-refractivity contribution < 1.29 is 18.4 Å². The quantitative estimate of drug-likeness (QED) is 0.116. The third kappa shape index (κ3) is 5.29. The van der Waals surface area contributed by atoms with Gasteiger partial charge in [0.1, 0.15) is 33.7 Å². The zero-order valence-electron chi connectivity index (χ0n) is 25.3. The molecule has 12 heteroatoms. The van der Waals surface area contributed by atoms with Crippen LogP contribution < -0.4 is 10.3 Å². The van der Waals surface area contributed by atoms with E-state index >= 15 is 0 Å². The molecule has 1 amide bonds. The molecule has 9 nitrogen and oxygen atoms in total. The van der Waals surface area contributed by atoms with Crippen LogP contribution in [0.4, 0.5) is 0 Å². The number of hydrogen-bond acceptors (Lipinski definition) is 9. The number of aromatic nitrogens is 2. The van der Waals surface area contributed by atoms with Crippen LogP contribution in [0.5, 0.6) is 5.75 Å². The van der Waals surface area contributed by atoms with Crippen LogP contribution in [0.2, 0.25) is 5.02 Å². The van der Waals surface area contributed by atoms with Crippen molar-refractivity contribution in [3.8, 4) is 22.6 Å². The number of thiophene rings is 1. The maximum Gasteiger partial charge on any atom is 0.268 e. The molecule has 5 heterocycles. The highest BCUT2D eigenvalue weighted by molar-refractivity contribution is 7.99. The number of fused-ring (bicyclic) bond motifs is 2. The third-order valence-corrected chi connectivity index (χ3v) is 10.3. The van der Waals surface area contributed by atoms with Gasteiger partial charge >= 0.3 is 0 Å². The lowest BCUT2D eigenvalue weighted by molar-refractivity contribution is -0.130. The minimum Gasteiger partial charge on any atom is -0.495 e. The van der Waals surface area contributed by atoms with Crippen LogP contribution in [-0.4, -0.2) is 39.0 Å². The van der Waals surface area contributed by atoms with Gasteiger partial charge in [0.25, 0.3) is 11.5 Å². The normalized spacial score (nSPS) is 14.6. The average molecular weight is 693 g/mol. The minimum atomic E-state index is -0.460. The Morgan fingerprint density at radius 2 is 1.85 bits per heavy atom. The molecule has 0 radical (unpaired) electrons. The van der Waals surface area contributed by atoms with E-state index in [-0.39, 0.29) is 17.2 Å². The molecule has 7 aromatic rings. The number of nitrogens with zero attached hydrogens (tertiary/aromatic N) is 4. The van der Waals surface area contributed by atoms with E-state index in [1.54, 1.807) is 37.6 Å². The highest BCUT2D eigenvalue weighted by Crippen LogP contribution is 2.38. The first kappa shape index (κ1) is 30.2. The second-order valence-corrected chi connectivity index (χ2v) is 13.2. The highest BCUT2D eigenvalue weighted by Gasteiger charge is 2.36. The van der Waals surface area contributed by atoms with Gasteiger partial charge in [-0.3, -0.25) is 14.2 Å². The van der Waals surface area contributed by atoms with Crippen molar-refractivity contribution in [3.05, 3.63) is 130 Å². The number of thioether (sulfide) groups is 1. The van der Waals surface area contributed by atoms with Gasteiger partial charge in [-0.15, -0.1) is 11.3 Å². The maximum atomic E-state index is 14.4. The molecule has 0 saturated carbocycles. The number of ether oxygens (including phenoxy) is 1. The van der Waals surface area contributed by atoms with E-state index in [9.17, 15) is 9.59 Å². The topological polar surface area (TPSA) is 103 Å². The Hall–Kier alpha value is -5.10. The Balaban J connectivity index is 1.18. The molecular formula is C36H25ClN4O5S2. The lowest BCUT2D eigenvalue weighted by Crippen LogP contribution is -2.29. The van der Waals surface area contributed by atoms with E-state index in [0.717, 1.165) is 28.3 Å². The monoisotopic (exact) mass is 692 g/mol. The van der Waals surface area contributed by atoms with Crippen molar-refractivity contribution in [3.63, 3.8) is 0 Å². The van der Waals surface area contributed by atoms with Crippen molar-refractivity contribution >= 4 is 67.5 Å². The number of carbonyl (C=O) groups is 1. The number of methoxy groups -OCH3 is 1. The Morgan fingerprint density at radius 1 is 1.04 bits per heavy atom. The summed E-state index contributed by atoms with van der Waals surface area (Å²) in [6.45, 7) is 0. The fraction of sp³-hybridized carbons (Fsp3) is 0.111. The van der Waals surface area contributed by atoms with E-state index in [4.69, 9.17) is 35.3 Å². The summed E-state index contributed by atoms with van der Waals surface area (Å²) in [4.78, 5) is 33.9. The van der Waals surface area contributed by atoms with Crippen LogP contribution in [0.1, 0.15) is 24.0 Å². The van der Waals surface area contributed by atoms with Crippen molar-refractivity contribution in [1.29, 1.82) is 0 Å². The molecule has 238 valence electrons. The first-order chi connectivity index (χ1) is 23.5. The Morgan fingerprint density at radius 3 is 2.67 bits per heavy atom. The molecule has 0 aliphatic carbocycles. The molecule has 1 unspecified atom stereocenters. The highest BCUT2D eigenvalue weighted by atomic mass is 35.5. The first-order valence-electron chi connectivity index (χ1n) is 15.0. The van der Waals surface area contributed by atoms with Gasteiger partial charge in [0.05, 0.1) is 30.2 Å². The van der Waals surface area contributed by atoms with Gasteiger partial charge in [0, 0.05) is 33.3 Å². The predicted molar refractivity (Wildman–Crippen MR) is 189 cm³/mol. The fourth-order valence-electron chi connectivity index (χ4n) is 5.88. The average Bonchev–Trinajstić information content (AvgIpc) is 3.93. The molecule has 48 heavy (non-hydrogen) atoms. The lowest BCUT2D eigenvalue weighted by atomic mass is 10.1. The molecule has 1 aliphatic rings. The second-order valence-electron chi connectivity index (χ2n) is 11.0. The molecule has 3 aromatic carbocycles. The van der Waals surface area contributed by atoms with Crippen LogP contribution in [0.25, 0.3) is 38.0 Å². The number of carbonyl (C=O) groups excluding carboxylic acids is 1. The standard InChI is InChI=1S/C36H25ClN4O5S2/c1-44-29-14-7-5-12-26(29)40-35(43)33-23(22-10-3-4-11-24(22)37)19-47-34(33)38-36(40)48-20-32(42)41-27(30-15-8-16-45-30)18-25(39-41)31-17-21-9-2-6-13-28(21)46-31/h2-17,19,27H,18,20H2,1H3. The molecule has 0 bridgehead atoms. The summed E-state index contributed by atoms with van der Waals surface area (Å²) < 4.78 is 19.0. The Labute approximate surface area is 287 Å². The summed E-state index contributed by atoms with van der Waals surface area (Å²) in [5.74, 6) is 1.36. The first-order valence-corrected chi connectivity index (χ1v) is 17.2. The number of benzene rings is 3. The third-order valence-electron chi connectivity index (χ3n) is 8.14. The molecule has 4 aromatic heterocycles. The molecule has 0 fully saturated rings. The van der Waals surface area contributed by atoms with Gasteiger partial charge in [-0.05, 0) is 42.5 Å². The van der Waals surface area contributed by atoms with Crippen LogP contribution in [0.15, 0.2) is 127 Å². The zero-order chi connectivity index (χ0) is 32.8. The number of amides is 1. The molecule has 0 spiro atoms. The van der Waals surface area contributed by atoms with Crippen LogP contribution in [0, 0.1) is 0 Å². The van der Waals surface area contributed by atoms with Crippen molar-refractivity contribution in [2.75, 3.05) is 12.9 Å². The van der Waals surface area contributed by atoms with Crippen molar-refractivity contribution in [2.24, 2.45) is 5.10 Å². The van der Waals surface area contributed by atoms with Crippen LogP contribution >= 0.6 is 34.7 Å². The number of hydrogen-bond donors (Lipinski definition) is 0. The number of para-hydroxylation sites is 3. The smallest absolute Gasteiger partial charge is 0.268 e. The van der Waals surface area contributed by atoms with Gasteiger partial charge < -0.3 is 13.6 Å². The number of hydrazone groups is 1. The van der Waals surface area contributed by atoms with E-state index in [2.05, 4.69) is 0 Å². The van der Waals surface area contributed by atoms with Crippen molar-refractivity contribution in [2.45, 2.75) is 17.6 Å². The summed E-state index contributed by atoms with van der Waals surface area (Å²) in [5.41, 5.74) is 3.03. The summed E-state index contributed by atoms with van der Waals surface area (Å²) in [5, 5.41) is 10.3. The van der Waals surface area contributed by atoms with Gasteiger partial charge in [-0.25, -0.2) is 9.99 Å². The lowest BCUT2D eigenvalue weighted by Gasteiger charge is -2.20. The predicted octanol–water partition coefficient (Wildman–Crippen LogP) is 8.59. The van der Waals surface area contributed by atoms with Gasteiger partial charge in [0.15, 0.2) is 10.9 Å². The van der Waals surface area contributed by atoms with Crippen LogP contribution in [-0.2, 0) is 4.79 Å². The fourth-order valence-corrected chi connectivity index (χ4v) is 7.96. The zero-order valence-corrected chi connectivity index (χ0v) is 27.7. The summed E-state index contributed by atoms with van der Waals surface area (Å²) >= 11 is 9.06. The summed E-state index contributed by atoms with van der Waals surface area (Å²) in [6.07, 6.45) is 1.99. The Bertz CT molecular complexity index is 2380. The maximum absolute atomic E-state index is 14.4. The van der Waals surface area contributed by atoms with Crippen molar-refractivity contribution in [1.82, 2.24) is 14.6 Å².